The second kappa shape index (κ2) is 9.50. The molecule has 3 nitrogen and oxygen atoms in total. The summed E-state index contributed by atoms with van der Waals surface area (Å²) in [5, 5.41) is 12.2. The van der Waals surface area contributed by atoms with E-state index >= 15 is 0 Å². The summed E-state index contributed by atoms with van der Waals surface area (Å²) in [5.41, 5.74) is 0. The highest BCUT2D eigenvalue weighted by Crippen LogP contribution is 2.15. The first-order valence-corrected chi connectivity index (χ1v) is 8.43. The van der Waals surface area contributed by atoms with Crippen molar-refractivity contribution in [3.63, 3.8) is 0 Å². The van der Waals surface area contributed by atoms with Crippen LogP contribution < -0.4 is 0 Å². The lowest BCUT2D eigenvalue weighted by molar-refractivity contribution is 0.000316. The monoisotopic (exact) mass is 299 g/mol. The fourth-order valence-electron chi connectivity index (χ4n) is 2.02. The van der Waals surface area contributed by atoms with Gasteiger partial charge in [-0.25, -0.2) is 0 Å². The van der Waals surface area contributed by atoms with Gasteiger partial charge in [0, 0.05) is 30.6 Å². The van der Waals surface area contributed by atoms with Gasteiger partial charge in [0.15, 0.2) is 0 Å². The summed E-state index contributed by atoms with van der Waals surface area (Å²) >= 11 is 1.77. The van der Waals surface area contributed by atoms with Gasteiger partial charge in [-0.2, -0.15) is 0 Å². The molecule has 20 heavy (non-hydrogen) atoms. The first kappa shape index (κ1) is 17.6. The van der Waals surface area contributed by atoms with Gasteiger partial charge in [0.25, 0.3) is 0 Å². The van der Waals surface area contributed by atoms with Gasteiger partial charge in [0.05, 0.1) is 12.7 Å². The van der Waals surface area contributed by atoms with Crippen LogP contribution in [-0.4, -0.2) is 41.9 Å². The summed E-state index contributed by atoms with van der Waals surface area (Å²) < 4.78 is 5.53. The van der Waals surface area contributed by atoms with E-state index < -0.39 is 6.10 Å². The lowest BCUT2D eigenvalue weighted by Crippen LogP contribution is -2.39. The molecule has 1 aromatic heterocycles. The van der Waals surface area contributed by atoms with E-state index in [1.807, 2.05) is 0 Å². The lowest BCUT2D eigenvalue weighted by atomic mass is 10.2. The van der Waals surface area contributed by atoms with Crippen LogP contribution in [0.4, 0.5) is 0 Å². The third-order valence-corrected chi connectivity index (χ3v) is 4.22. The molecule has 1 aromatic rings. The topological polar surface area (TPSA) is 32.7 Å². The van der Waals surface area contributed by atoms with E-state index in [-0.39, 0.29) is 0 Å². The second-order valence-electron chi connectivity index (χ2n) is 5.85. The third-order valence-electron chi connectivity index (χ3n) is 3.36. The summed E-state index contributed by atoms with van der Waals surface area (Å²) in [7, 11) is 0. The number of aliphatic hydroxyl groups is 1. The Labute approximate surface area is 127 Å². The van der Waals surface area contributed by atoms with Crippen molar-refractivity contribution < 1.29 is 9.84 Å². The number of ether oxygens (including phenoxy) is 1. The Morgan fingerprint density at radius 3 is 2.60 bits per heavy atom. The molecule has 0 aromatic carbocycles. The molecule has 0 unspecified atom stereocenters. The Morgan fingerprint density at radius 2 is 2.05 bits per heavy atom. The minimum absolute atomic E-state index is 0.414. The highest BCUT2D eigenvalue weighted by atomic mass is 32.1. The van der Waals surface area contributed by atoms with Crippen LogP contribution in [0.15, 0.2) is 17.5 Å². The number of aliphatic hydroxyl groups excluding tert-OH is 1. The van der Waals surface area contributed by atoms with Gasteiger partial charge in [0.1, 0.15) is 0 Å². The minimum atomic E-state index is -0.414. The van der Waals surface area contributed by atoms with Gasteiger partial charge in [-0.05, 0) is 30.7 Å². The van der Waals surface area contributed by atoms with Crippen molar-refractivity contribution in [3.8, 4) is 0 Å². The zero-order valence-corrected chi connectivity index (χ0v) is 14.0. The Kier molecular flexibility index (Phi) is 8.38. The fourth-order valence-corrected chi connectivity index (χ4v) is 2.75. The predicted molar refractivity (Wildman–Crippen MR) is 86.1 cm³/mol. The number of nitrogens with zero attached hydrogens (tertiary/aromatic N) is 1. The van der Waals surface area contributed by atoms with E-state index in [0.717, 1.165) is 13.0 Å². The molecule has 116 valence electrons. The molecule has 1 heterocycles. The molecule has 1 N–H and O–H groups in total. The van der Waals surface area contributed by atoms with E-state index in [1.54, 1.807) is 11.3 Å². The van der Waals surface area contributed by atoms with Crippen molar-refractivity contribution in [2.45, 2.75) is 52.8 Å². The molecular formula is C16H29NO2S. The van der Waals surface area contributed by atoms with Crippen LogP contribution in [0.3, 0.4) is 0 Å². The van der Waals surface area contributed by atoms with E-state index in [2.05, 4.69) is 50.1 Å². The molecular weight excluding hydrogens is 270 g/mol. The van der Waals surface area contributed by atoms with Crippen molar-refractivity contribution in [2.75, 3.05) is 19.8 Å². The van der Waals surface area contributed by atoms with Crippen molar-refractivity contribution >= 4 is 11.3 Å². The van der Waals surface area contributed by atoms with Crippen molar-refractivity contribution in [3.05, 3.63) is 22.4 Å². The maximum Gasteiger partial charge on any atom is 0.0900 e. The average Bonchev–Trinajstić information content (AvgIpc) is 2.89. The van der Waals surface area contributed by atoms with Crippen LogP contribution in [0.25, 0.3) is 0 Å². The molecule has 0 bridgehead atoms. The molecule has 0 aliphatic heterocycles. The SMILES string of the molecule is CC[C@H](C)N(Cc1cccs1)C[C@@H](O)COCC(C)C. The predicted octanol–water partition coefficient (Wildman–Crippen LogP) is 3.38. The van der Waals surface area contributed by atoms with E-state index in [1.165, 1.54) is 4.88 Å². The first-order valence-electron chi connectivity index (χ1n) is 7.55. The van der Waals surface area contributed by atoms with Crippen LogP contribution in [0.5, 0.6) is 0 Å². The second-order valence-corrected chi connectivity index (χ2v) is 6.88. The van der Waals surface area contributed by atoms with Gasteiger partial charge < -0.3 is 9.84 Å². The van der Waals surface area contributed by atoms with Crippen molar-refractivity contribution in [2.24, 2.45) is 5.92 Å². The van der Waals surface area contributed by atoms with Crippen LogP contribution in [0.1, 0.15) is 39.0 Å². The molecule has 1 rings (SSSR count). The Morgan fingerprint density at radius 1 is 1.30 bits per heavy atom. The fraction of sp³-hybridized carbons (Fsp3) is 0.750. The molecule has 0 fully saturated rings. The average molecular weight is 299 g/mol. The molecule has 0 spiro atoms. The molecule has 0 saturated carbocycles. The Hall–Kier alpha value is -0.420. The molecule has 2 atom stereocenters. The number of hydrogen-bond donors (Lipinski definition) is 1. The smallest absolute Gasteiger partial charge is 0.0900 e. The third kappa shape index (κ3) is 6.84. The highest BCUT2D eigenvalue weighted by molar-refractivity contribution is 7.09. The summed E-state index contributed by atoms with van der Waals surface area (Å²) in [6.45, 7) is 11.4. The summed E-state index contributed by atoms with van der Waals surface area (Å²) in [5.74, 6) is 0.513. The summed E-state index contributed by atoms with van der Waals surface area (Å²) in [6.07, 6.45) is 0.674. The minimum Gasteiger partial charge on any atom is -0.389 e. The zero-order valence-electron chi connectivity index (χ0n) is 13.2. The van der Waals surface area contributed by atoms with Crippen molar-refractivity contribution in [1.82, 2.24) is 4.90 Å². The van der Waals surface area contributed by atoms with E-state index in [4.69, 9.17) is 4.74 Å². The van der Waals surface area contributed by atoms with Crippen LogP contribution >= 0.6 is 11.3 Å². The number of rotatable bonds is 10. The lowest BCUT2D eigenvalue weighted by Gasteiger charge is -2.30. The van der Waals surface area contributed by atoms with Gasteiger partial charge in [-0.3, -0.25) is 4.90 Å². The van der Waals surface area contributed by atoms with Crippen LogP contribution in [0.2, 0.25) is 0 Å². The van der Waals surface area contributed by atoms with Crippen LogP contribution in [-0.2, 0) is 11.3 Å². The van der Waals surface area contributed by atoms with Gasteiger partial charge in [0.2, 0.25) is 0 Å². The van der Waals surface area contributed by atoms with Gasteiger partial charge in [-0.1, -0.05) is 26.8 Å². The molecule has 0 saturated heterocycles. The Bertz CT molecular complexity index is 340. The Balaban J connectivity index is 2.43. The molecule has 0 amide bonds. The number of hydrogen-bond acceptors (Lipinski definition) is 4. The molecule has 0 aliphatic rings. The molecule has 0 aliphatic carbocycles. The van der Waals surface area contributed by atoms with Crippen LogP contribution in [0, 0.1) is 5.92 Å². The normalized spacial score (nSPS) is 14.9. The first-order chi connectivity index (χ1) is 9.52. The standard InChI is InChI=1S/C16H29NO2S/c1-5-14(4)17(10-16-7-6-8-20-16)9-15(18)12-19-11-13(2)3/h6-8,13-15,18H,5,9-12H2,1-4H3/t14-,15+/m0/s1. The van der Waals surface area contributed by atoms with Gasteiger partial charge >= 0.3 is 0 Å². The van der Waals surface area contributed by atoms with Crippen molar-refractivity contribution in [1.29, 1.82) is 0 Å². The van der Waals surface area contributed by atoms with E-state index in [0.29, 0.717) is 31.7 Å². The highest BCUT2D eigenvalue weighted by Gasteiger charge is 2.17. The quantitative estimate of drug-likeness (QED) is 0.719. The number of thiophene rings is 1. The summed E-state index contributed by atoms with van der Waals surface area (Å²) in [4.78, 5) is 3.69. The maximum absolute atomic E-state index is 10.1. The molecule has 0 radical (unpaired) electrons. The molecule has 4 heteroatoms. The zero-order chi connectivity index (χ0) is 15.0. The summed E-state index contributed by atoms with van der Waals surface area (Å²) in [6, 6.07) is 4.70. The van der Waals surface area contributed by atoms with Gasteiger partial charge in [-0.15, -0.1) is 11.3 Å². The maximum atomic E-state index is 10.1. The van der Waals surface area contributed by atoms with E-state index in [9.17, 15) is 5.11 Å². The largest absolute Gasteiger partial charge is 0.389 e.